The van der Waals surface area contributed by atoms with Crippen molar-refractivity contribution in [2.75, 3.05) is 13.2 Å². The fraction of sp³-hybridized carbons (Fsp3) is 0.238. The number of ether oxygens (including phenoxy) is 2. The number of fused-ring (bicyclic) bond motifs is 1. The first-order valence-electron chi connectivity index (χ1n) is 8.74. The quantitative estimate of drug-likeness (QED) is 0.595. The molecule has 1 atom stereocenters. The number of rotatable bonds is 8. The number of H-pyrrole nitrogens is 1. The Morgan fingerprint density at radius 1 is 1.15 bits per heavy atom. The molecule has 0 fully saturated rings. The first-order valence-corrected chi connectivity index (χ1v) is 8.74. The van der Waals surface area contributed by atoms with Gasteiger partial charge in [0, 0.05) is 23.2 Å². The molecule has 3 rings (SSSR count). The third-order valence-electron chi connectivity index (χ3n) is 4.30. The molecule has 0 aliphatic heterocycles. The van der Waals surface area contributed by atoms with Crippen LogP contribution in [0.1, 0.15) is 24.0 Å². The van der Waals surface area contributed by atoms with Crippen molar-refractivity contribution >= 4 is 22.8 Å². The van der Waals surface area contributed by atoms with Gasteiger partial charge >= 0.3 is 11.9 Å². The Morgan fingerprint density at radius 2 is 1.93 bits per heavy atom. The fourth-order valence-corrected chi connectivity index (χ4v) is 3.05. The van der Waals surface area contributed by atoms with E-state index in [1.807, 2.05) is 42.6 Å². The molecule has 2 aromatic carbocycles. The molecule has 1 heterocycles. The SMILES string of the molecule is CCOC(=O)C(Cc1c[nH]c2cc(OCC(=O)O)ccc12)c1ccccc1. The summed E-state index contributed by atoms with van der Waals surface area (Å²) in [5, 5.41) is 9.68. The minimum atomic E-state index is -1.03. The van der Waals surface area contributed by atoms with E-state index < -0.39 is 18.5 Å². The van der Waals surface area contributed by atoms with Crippen LogP contribution < -0.4 is 4.74 Å². The van der Waals surface area contributed by atoms with Gasteiger partial charge in [-0.1, -0.05) is 30.3 Å². The van der Waals surface area contributed by atoms with Crippen molar-refractivity contribution in [1.82, 2.24) is 4.98 Å². The maximum Gasteiger partial charge on any atom is 0.341 e. The van der Waals surface area contributed by atoms with E-state index in [-0.39, 0.29) is 5.97 Å². The molecule has 0 saturated heterocycles. The summed E-state index contributed by atoms with van der Waals surface area (Å²) in [7, 11) is 0. The number of carboxylic acids is 1. The number of carbonyl (C=O) groups excluding carboxylic acids is 1. The van der Waals surface area contributed by atoms with E-state index in [2.05, 4.69) is 4.98 Å². The minimum absolute atomic E-state index is 0.250. The van der Waals surface area contributed by atoms with Gasteiger partial charge in [-0.15, -0.1) is 0 Å². The highest BCUT2D eigenvalue weighted by atomic mass is 16.5. The predicted molar refractivity (Wildman–Crippen MR) is 101 cm³/mol. The van der Waals surface area contributed by atoms with Gasteiger partial charge in [-0.2, -0.15) is 0 Å². The molecule has 0 bridgehead atoms. The topological polar surface area (TPSA) is 88.6 Å². The summed E-state index contributed by atoms with van der Waals surface area (Å²) in [6.45, 7) is 1.74. The van der Waals surface area contributed by atoms with Gasteiger partial charge in [0.15, 0.2) is 6.61 Å². The monoisotopic (exact) mass is 367 g/mol. The van der Waals surface area contributed by atoms with Gasteiger partial charge in [0.2, 0.25) is 0 Å². The molecule has 6 nitrogen and oxygen atoms in total. The molecule has 3 aromatic rings. The molecule has 2 N–H and O–H groups in total. The zero-order valence-electron chi connectivity index (χ0n) is 15.0. The highest BCUT2D eigenvalue weighted by Gasteiger charge is 2.23. The Kier molecular flexibility index (Phi) is 5.76. The number of aliphatic carboxylic acids is 1. The van der Waals surface area contributed by atoms with Crippen molar-refractivity contribution in [3.05, 3.63) is 65.9 Å². The Hall–Kier alpha value is -3.28. The zero-order chi connectivity index (χ0) is 19.2. The van der Waals surface area contributed by atoms with Crippen LogP contribution in [0.4, 0.5) is 0 Å². The lowest BCUT2D eigenvalue weighted by Gasteiger charge is -2.15. The summed E-state index contributed by atoms with van der Waals surface area (Å²) in [6, 6.07) is 14.9. The maximum atomic E-state index is 12.5. The van der Waals surface area contributed by atoms with Crippen LogP contribution in [0.2, 0.25) is 0 Å². The first-order chi connectivity index (χ1) is 13.1. The van der Waals surface area contributed by atoms with Gasteiger partial charge in [0.1, 0.15) is 5.75 Å². The van der Waals surface area contributed by atoms with Crippen LogP contribution >= 0.6 is 0 Å². The minimum Gasteiger partial charge on any atom is -0.482 e. The van der Waals surface area contributed by atoms with E-state index in [1.54, 1.807) is 19.1 Å². The summed E-state index contributed by atoms with van der Waals surface area (Å²) in [5.74, 6) is -1.20. The number of aromatic nitrogens is 1. The predicted octanol–water partition coefficient (Wildman–Crippen LogP) is 3.52. The van der Waals surface area contributed by atoms with E-state index in [0.717, 1.165) is 22.0 Å². The molecule has 0 saturated carbocycles. The molecule has 0 spiro atoms. The zero-order valence-corrected chi connectivity index (χ0v) is 15.0. The highest BCUT2D eigenvalue weighted by molar-refractivity contribution is 5.86. The van der Waals surface area contributed by atoms with Crippen molar-refractivity contribution in [2.45, 2.75) is 19.3 Å². The lowest BCUT2D eigenvalue weighted by molar-refractivity contribution is -0.145. The average Bonchev–Trinajstić information content (AvgIpc) is 3.07. The number of carboxylic acid groups (broad SMARTS) is 1. The third-order valence-corrected chi connectivity index (χ3v) is 4.30. The second-order valence-corrected chi connectivity index (χ2v) is 6.12. The van der Waals surface area contributed by atoms with E-state index in [4.69, 9.17) is 14.6 Å². The molecule has 27 heavy (non-hydrogen) atoms. The van der Waals surface area contributed by atoms with Crippen LogP contribution in [0.3, 0.4) is 0 Å². The lowest BCUT2D eigenvalue weighted by atomic mass is 9.92. The van der Waals surface area contributed by atoms with Crippen LogP contribution in [-0.2, 0) is 20.7 Å². The van der Waals surface area contributed by atoms with Gasteiger partial charge < -0.3 is 19.6 Å². The van der Waals surface area contributed by atoms with E-state index >= 15 is 0 Å². The number of nitrogens with one attached hydrogen (secondary N) is 1. The number of carbonyl (C=O) groups is 2. The normalized spacial score (nSPS) is 11.9. The number of benzene rings is 2. The van der Waals surface area contributed by atoms with Crippen LogP contribution in [-0.4, -0.2) is 35.2 Å². The fourth-order valence-electron chi connectivity index (χ4n) is 3.05. The van der Waals surface area contributed by atoms with E-state index in [0.29, 0.717) is 18.8 Å². The molecule has 0 aliphatic carbocycles. The first kappa shape index (κ1) is 18.5. The van der Waals surface area contributed by atoms with Crippen molar-refractivity contribution in [3.8, 4) is 5.75 Å². The molecule has 0 radical (unpaired) electrons. The van der Waals surface area contributed by atoms with Crippen molar-refractivity contribution in [3.63, 3.8) is 0 Å². The maximum absolute atomic E-state index is 12.5. The highest BCUT2D eigenvalue weighted by Crippen LogP contribution is 2.29. The van der Waals surface area contributed by atoms with Gasteiger partial charge in [-0.25, -0.2) is 4.79 Å². The molecular formula is C21H21NO5. The molecule has 140 valence electrons. The van der Waals surface area contributed by atoms with E-state index in [9.17, 15) is 9.59 Å². The second-order valence-electron chi connectivity index (χ2n) is 6.12. The average molecular weight is 367 g/mol. The van der Waals surface area contributed by atoms with Crippen molar-refractivity contribution in [2.24, 2.45) is 0 Å². The summed E-state index contributed by atoms with van der Waals surface area (Å²) < 4.78 is 10.5. The largest absolute Gasteiger partial charge is 0.482 e. The van der Waals surface area contributed by atoms with Gasteiger partial charge in [0.05, 0.1) is 12.5 Å². The summed E-state index contributed by atoms with van der Waals surface area (Å²) >= 11 is 0. The molecule has 6 heteroatoms. The van der Waals surface area contributed by atoms with Gasteiger partial charge in [-0.05, 0) is 36.6 Å². The number of hydrogen-bond acceptors (Lipinski definition) is 4. The summed E-state index contributed by atoms with van der Waals surface area (Å²) in [5.41, 5.74) is 2.71. The molecule has 1 aromatic heterocycles. The van der Waals surface area contributed by atoms with Gasteiger partial charge in [-0.3, -0.25) is 4.79 Å². The molecule has 0 aliphatic rings. The third kappa shape index (κ3) is 4.47. The Bertz CT molecular complexity index is 932. The Balaban J connectivity index is 1.86. The van der Waals surface area contributed by atoms with Crippen molar-refractivity contribution < 1.29 is 24.2 Å². The van der Waals surface area contributed by atoms with Crippen LogP contribution in [0.15, 0.2) is 54.7 Å². The molecule has 1 unspecified atom stereocenters. The summed E-state index contributed by atoms with van der Waals surface area (Å²) in [6.07, 6.45) is 2.36. The molecular weight excluding hydrogens is 346 g/mol. The second kappa shape index (κ2) is 8.40. The van der Waals surface area contributed by atoms with E-state index in [1.165, 1.54) is 0 Å². The smallest absolute Gasteiger partial charge is 0.341 e. The number of esters is 1. The van der Waals surface area contributed by atoms with Gasteiger partial charge in [0.25, 0.3) is 0 Å². The van der Waals surface area contributed by atoms with Crippen LogP contribution in [0, 0.1) is 0 Å². The lowest BCUT2D eigenvalue weighted by Crippen LogP contribution is -2.18. The van der Waals surface area contributed by atoms with Crippen LogP contribution in [0.25, 0.3) is 10.9 Å². The van der Waals surface area contributed by atoms with Crippen molar-refractivity contribution in [1.29, 1.82) is 0 Å². The Morgan fingerprint density at radius 3 is 2.63 bits per heavy atom. The Labute approximate surface area is 156 Å². The van der Waals surface area contributed by atoms with Crippen LogP contribution in [0.5, 0.6) is 5.75 Å². The number of aromatic amines is 1. The molecule has 0 amide bonds. The standard InChI is InChI=1S/C21H21NO5/c1-2-26-21(25)18(14-6-4-3-5-7-14)10-15-12-22-19-11-16(8-9-17(15)19)27-13-20(23)24/h3-9,11-12,18,22H,2,10,13H2,1H3,(H,23,24). The summed E-state index contributed by atoms with van der Waals surface area (Å²) in [4.78, 5) is 26.3. The number of hydrogen-bond donors (Lipinski definition) is 2.